The van der Waals surface area contributed by atoms with Crippen LogP contribution in [0.1, 0.15) is 19.4 Å². The standard InChI is InChI=1S/C19H18N2O/c1-4-21(18-12-10-17(20-3)11-13-18)14-19(15(2)22)16-8-6-5-7-9-16/h5-14H,4H2,1-2H3/b19-14+. The normalized spacial score (nSPS) is 10.9. The fourth-order valence-electron chi connectivity index (χ4n) is 2.21. The molecule has 0 fully saturated rings. The molecule has 0 spiro atoms. The van der Waals surface area contributed by atoms with Crippen LogP contribution in [0.3, 0.4) is 0 Å². The molecule has 0 aliphatic rings. The Morgan fingerprint density at radius 3 is 2.27 bits per heavy atom. The van der Waals surface area contributed by atoms with Gasteiger partial charge in [-0.1, -0.05) is 42.5 Å². The van der Waals surface area contributed by atoms with Crippen molar-refractivity contribution >= 4 is 22.7 Å². The lowest BCUT2D eigenvalue weighted by molar-refractivity contribution is -0.111. The number of hydrogen-bond donors (Lipinski definition) is 0. The van der Waals surface area contributed by atoms with Crippen molar-refractivity contribution in [2.45, 2.75) is 13.8 Å². The van der Waals surface area contributed by atoms with E-state index in [1.807, 2.05) is 60.5 Å². The highest BCUT2D eigenvalue weighted by atomic mass is 16.1. The second-order valence-corrected chi connectivity index (χ2v) is 4.88. The van der Waals surface area contributed by atoms with Crippen LogP contribution < -0.4 is 4.90 Å². The molecule has 0 N–H and O–H groups in total. The van der Waals surface area contributed by atoms with Gasteiger partial charge in [-0.15, -0.1) is 0 Å². The zero-order chi connectivity index (χ0) is 15.9. The van der Waals surface area contributed by atoms with Gasteiger partial charge >= 0.3 is 0 Å². The van der Waals surface area contributed by atoms with E-state index in [9.17, 15) is 4.79 Å². The molecule has 0 saturated carbocycles. The van der Waals surface area contributed by atoms with Crippen LogP contribution in [-0.2, 0) is 4.79 Å². The van der Waals surface area contributed by atoms with Gasteiger partial charge in [0.05, 0.1) is 6.57 Å². The van der Waals surface area contributed by atoms with E-state index < -0.39 is 0 Å². The Balaban J connectivity index is 2.40. The first kappa shape index (κ1) is 15.5. The Morgan fingerprint density at radius 2 is 1.77 bits per heavy atom. The summed E-state index contributed by atoms with van der Waals surface area (Å²) in [6.07, 6.45) is 1.88. The maximum Gasteiger partial charge on any atom is 0.187 e. The Bertz CT molecular complexity index is 709. The van der Waals surface area contributed by atoms with Crippen molar-refractivity contribution in [1.29, 1.82) is 0 Å². The molecular formula is C19H18N2O. The van der Waals surface area contributed by atoms with Gasteiger partial charge in [0.1, 0.15) is 0 Å². The Morgan fingerprint density at radius 1 is 1.14 bits per heavy atom. The zero-order valence-corrected chi connectivity index (χ0v) is 12.8. The molecule has 0 aromatic heterocycles. The van der Waals surface area contributed by atoms with Gasteiger partial charge in [-0.05, 0) is 31.5 Å². The summed E-state index contributed by atoms with van der Waals surface area (Å²) in [6, 6.07) is 17.0. The van der Waals surface area contributed by atoms with E-state index >= 15 is 0 Å². The topological polar surface area (TPSA) is 24.7 Å². The van der Waals surface area contributed by atoms with Crippen LogP contribution in [0.25, 0.3) is 10.4 Å². The molecule has 2 aromatic rings. The lowest BCUT2D eigenvalue weighted by atomic mass is 10.0. The van der Waals surface area contributed by atoms with Crippen LogP contribution in [0.5, 0.6) is 0 Å². The summed E-state index contributed by atoms with van der Waals surface area (Å²) in [5, 5.41) is 0. The van der Waals surface area contributed by atoms with Gasteiger partial charge in [0.25, 0.3) is 0 Å². The van der Waals surface area contributed by atoms with Crippen molar-refractivity contribution in [1.82, 2.24) is 0 Å². The average molecular weight is 290 g/mol. The molecule has 0 saturated heterocycles. The summed E-state index contributed by atoms with van der Waals surface area (Å²) in [5.41, 5.74) is 3.16. The van der Waals surface area contributed by atoms with Gasteiger partial charge in [-0.3, -0.25) is 4.79 Å². The molecule has 110 valence electrons. The zero-order valence-electron chi connectivity index (χ0n) is 12.8. The molecule has 3 heteroatoms. The van der Waals surface area contributed by atoms with E-state index in [0.29, 0.717) is 11.3 Å². The molecule has 0 unspecified atom stereocenters. The predicted molar refractivity (Wildman–Crippen MR) is 90.8 cm³/mol. The molecule has 0 aliphatic heterocycles. The molecule has 2 rings (SSSR count). The smallest absolute Gasteiger partial charge is 0.187 e. The summed E-state index contributed by atoms with van der Waals surface area (Å²) in [4.78, 5) is 17.4. The first-order valence-electron chi connectivity index (χ1n) is 7.18. The van der Waals surface area contributed by atoms with Crippen molar-refractivity contribution in [3.8, 4) is 0 Å². The van der Waals surface area contributed by atoms with Crippen LogP contribution in [0.2, 0.25) is 0 Å². The molecule has 0 atom stereocenters. The number of anilines is 1. The number of benzene rings is 2. The highest BCUT2D eigenvalue weighted by Gasteiger charge is 2.10. The van der Waals surface area contributed by atoms with Crippen molar-refractivity contribution in [2.75, 3.05) is 11.4 Å². The summed E-state index contributed by atoms with van der Waals surface area (Å²) in [6.45, 7) is 11.3. The third-order valence-electron chi connectivity index (χ3n) is 3.40. The van der Waals surface area contributed by atoms with E-state index in [1.54, 1.807) is 19.1 Å². The molecule has 2 aromatic carbocycles. The van der Waals surface area contributed by atoms with Crippen molar-refractivity contribution in [3.05, 3.63) is 77.8 Å². The Hall–Kier alpha value is -2.86. The maximum atomic E-state index is 12.0. The van der Waals surface area contributed by atoms with Crippen molar-refractivity contribution in [3.63, 3.8) is 0 Å². The average Bonchev–Trinajstić information content (AvgIpc) is 2.56. The minimum Gasteiger partial charge on any atom is -0.348 e. The summed E-state index contributed by atoms with van der Waals surface area (Å²) in [5.74, 6) is 0.0300. The second-order valence-electron chi connectivity index (χ2n) is 4.88. The van der Waals surface area contributed by atoms with Crippen molar-refractivity contribution in [2.24, 2.45) is 0 Å². The molecular weight excluding hydrogens is 272 g/mol. The number of ketones is 1. The molecule has 0 aliphatic carbocycles. The number of carbonyl (C=O) groups excluding carboxylic acids is 1. The van der Waals surface area contributed by atoms with E-state index in [0.717, 1.165) is 17.8 Å². The van der Waals surface area contributed by atoms with Gasteiger partial charge in [-0.25, -0.2) is 4.85 Å². The Labute approximate surface area is 131 Å². The van der Waals surface area contributed by atoms with E-state index in [1.165, 1.54) is 0 Å². The predicted octanol–water partition coefficient (Wildman–Crippen LogP) is 4.69. The van der Waals surface area contributed by atoms with E-state index in [4.69, 9.17) is 6.57 Å². The lowest BCUT2D eigenvalue weighted by Gasteiger charge is -2.20. The highest BCUT2D eigenvalue weighted by Crippen LogP contribution is 2.23. The number of Topliss-reactive ketones (excluding diaryl/α,β-unsaturated/α-hetero) is 1. The number of allylic oxidation sites excluding steroid dienone is 1. The van der Waals surface area contributed by atoms with Crippen LogP contribution in [0.15, 0.2) is 60.8 Å². The number of carbonyl (C=O) groups is 1. The van der Waals surface area contributed by atoms with Gasteiger partial charge < -0.3 is 4.90 Å². The van der Waals surface area contributed by atoms with E-state index in [-0.39, 0.29) is 5.78 Å². The molecule has 22 heavy (non-hydrogen) atoms. The Kier molecular flexibility index (Phi) is 5.11. The molecule has 3 nitrogen and oxygen atoms in total. The van der Waals surface area contributed by atoms with Crippen LogP contribution in [0, 0.1) is 6.57 Å². The van der Waals surface area contributed by atoms with E-state index in [2.05, 4.69) is 4.85 Å². The first-order chi connectivity index (χ1) is 10.7. The third kappa shape index (κ3) is 3.62. The number of rotatable bonds is 5. The molecule has 0 amide bonds. The second kappa shape index (κ2) is 7.24. The van der Waals surface area contributed by atoms with Crippen LogP contribution in [0.4, 0.5) is 11.4 Å². The minimum absolute atomic E-state index is 0.0300. The fraction of sp³-hybridized carbons (Fsp3) is 0.158. The minimum atomic E-state index is 0.0300. The van der Waals surface area contributed by atoms with Gasteiger partial charge in [0, 0.05) is 24.0 Å². The summed E-state index contributed by atoms with van der Waals surface area (Å²) in [7, 11) is 0. The lowest BCUT2D eigenvalue weighted by Crippen LogP contribution is -2.17. The quantitative estimate of drug-likeness (QED) is 0.589. The third-order valence-corrected chi connectivity index (χ3v) is 3.40. The van der Waals surface area contributed by atoms with Crippen LogP contribution >= 0.6 is 0 Å². The largest absolute Gasteiger partial charge is 0.348 e. The fourth-order valence-corrected chi connectivity index (χ4v) is 2.21. The summed E-state index contributed by atoms with van der Waals surface area (Å²) < 4.78 is 0. The van der Waals surface area contributed by atoms with Gasteiger partial charge in [0.2, 0.25) is 0 Å². The maximum absolute atomic E-state index is 12.0. The molecule has 0 radical (unpaired) electrons. The van der Waals surface area contributed by atoms with Gasteiger partial charge in [-0.2, -0.15) is 0 Å². The SMILES string of the molecule is [C-]#[N+]c1ccc(N(/C=C(\C(C)=O)c2ccccc2)CC)cc1. The molecule has 0 heterocycles. The number of hydrogen-bond acceptors (Lipinski definition) is 2. The highest BCUT2D eigenvalue weighted by molar-refractivity contribution is 6.19. The summed E-state index contributed by atoms with van der Waals surface area (Å²) >= 11 is 0. The first-order valence-corrected chi connectivity index (χ1v) is 7.18. The van der Waals surface area contributed by atoms with Gasteiger partial charge in [0.15, 0.2) is 11.5 Å². The van der Waals surface area contributed by atoms with Crippen molar-refractivity contribution < 1.29 is 4.79 Å². The molecule has 0 bridgehead atoms. The monoisotopic (exact) mass is 290 g/mol. The van der Waals surface area contributed by atoms with Crippen LogP contribution in [-0.4, -0.2) is 12.3 Å². The number of nitrogens with zero attached hydrogens (tertiary/aromatic N) is 2.